The number of carbonyl (C=O) groups excluding carboxylic acids is 2. The number of pyridine rings is 1. The molecule has 6 nitrogen and oxygen atoms in total. The third-order valence-electron chi connectivity index (χ3n) is 3.36. The predicted octanol–water partition coefficient (Wildman–Crippen LogP) is 3.75. The molecule has 3 rings (SSSR count). The van der Waals surface area contributed by atoms with Crippen molar-refractivity contribution in [1.29, 1.82) is 0 Å². The zero-order chi connectivity index (χ0) is 18.0. The highest BCUT2D eigenvalue weighted by molar-refractivity contribution is 6.35. The fraction of sp³-hybridized carbons (Fsp3) is 0.118. The van der Waals surface area contributed by atoms with Crippen molar-refractivity contribution < 1.29 is 14.3 Å². The van der Waals surface area contributed by atoms with E-state index in [0.717, 1.165) is 5.56 Å². The van der Waals surface area contributed by atoms with Crippen LogP contribution in [0.4, 0.5) is 5.69 Å². The van der Waals surface area contributed by atoms with Gasteiger partial charge in [-0.1, -0.05) is 23.2 Å². The number of amides is 1. The van der Waals surface area contributed by atoms with Crippen LogP contribution >= 0.6 is 23.2 Å². The number of rotatable bonds is 4. The molecule has 1 aromatic carbocycles. The van der Waals surface area contributed by atoms with E-state index < -0.39 is 18.5 Å². The van der Waals surface area contributed by atoms with Gasteiger partial charge in [0.1, 0.15) is 5.65 Å². The third-order valence-corrected chi connectivity index (χ3v) is 3.93. The Labute approximate surface area is 153 Å². The minimum atomic E-state index is -0.686. The summed E-state index contributed by atoms with van der Waals surface area (Å²) < 4.78 is 6.69. The lowest BCUT2D eigenvalue weighted by Crippen LogP contribution is -2.21. The van der Waals surface area contributed by atoms with Crippen LogP contribution in [-0.4, -0.2) is 27.9 Å². The van der Waals surface area contributed by atoms with Crippen LogP contribution in [0.3, 0.4) is 0 Å². The van der Waals surface area contributed by atoms with E-state index >= 15 is 0 Å². The Morgan fingerprint density at radius 1 is 1.24 bits per heavy atom. The highest BCUT2D eigenvalue weighted by Gasteiger charge is 2.15. The first-order valence-corrected chi connectivity index (χ1v) is 8.05. The normalized spacial score (nSPS) is 10.7. The summed E-state index contributed by atoms with van der Waals surface area (Å²) in [4.78, 5) is 28.1. The number of nitrogens with one attached hydrogen (secondary N) is 1. The summed E-state index contributed by atoms with van der Waals surface area (Å²) in [7, 11) is 0. The molecule has 0 fully saturated rings. The molecule has 128 valence electrons. The summed E-state index contributed by atoms with van der Waals surface area (Å²) in [6.45, 7) is 1.46. The molecule has 3 aromatic rings. The summed E-state index contributed by atoms with van der Waals surface area (Å²) in [5.41, 5.74) is 2.12. The predicted molar refractivity (Wildman–Crippen MR) is 95.3 cm³/mol. The van der Waals surface area contributed by atoms with Gasteiger partial charge in [-0.3, -0.25) is 4.79 Å². The van der Waals surface area contributed by atoms with Gasteiger partial charge in [0.25, 0.3) is 5.91 Å². The molecule has 1 amide bonds. The second kappa shape index (κ2) is 7.13. The number of carbonyl (C=O) groups is 2. The number of ether oxygens (including phenoxy) is 1. The Hall–Kier alpha value is -2.57. The number of halogens is 2. The molecule has 1 N–H and O–H groups in total. The summed E-state index contributed by atoms with van der Waals surface area (Å²) in [6, 6.07) is 8.40. The van der Waals surface area contributed by atoms with Crippen LogP contribution in [0.1, 0.15) is 16.1 Å². The molecule has 0 aliphatic carbocycles. The molecule has 0 unspecified atom stereocenters. The van der Waals surface area contributed by atoms with Crippen molar-refractivity contribution in [3.05, 3.63) is 64.0 Å². The summed E-state index contributed by atoms with van der Waals surface area (Å²) in [6.07, 6.45) is 3.34. The molecule has 0 bridgehead atoms. The lowest BCUT2D eigenvalue weighted by Gasteiger charge is -2.07. The van der Waals surface area contributed by atoms with Gasteiger partial charge in [0.2, 0.25) is 0 Å². The van der Waals surface area contributed by atoms with Gasteiger partial charge in [-0.05, 0) is 42.8 Å². The van der Waals surface area contributed by atoms with Crippen molar-refractivity contribution in [2.75, 3.05) is 11.9 Å². The minimum absolute atomic E-state index is 0.124. The molecule has 2 aromatic heterocycles. The zero-order valence-electron chi connectivity index (χ0n) is 13.1. The van der Waals surface area contributed by atoms with Crippen molar-refractivity contribution >= 4 is 46.4 Å². The lowest BCUT2D eigenvalue weighted by atomic mass is 10.3. The van der Waals surface area contributed by atoms with Crippen LogP contribution in [-0.2, 0) is 9.53 Å². The monoisotopic (exact) mass is 377 g/mol. The fourth-order valence-corrected chi connectivity index (χ4v) is 2.50. The molecule has 0 radical (unpaired) electrons. The van der Waals surface area contributed by atoms with Gasteiger partial charge in [-0.25, -0.2) is 9.78 Å². The Bertz CT molecular complexity index is 969. The fourth-order valence-electron chi connectivity index (χ4n) is 2.17. The molecule has 0 saturated carbocycles. The number of aryl methyl sites for hydroxylation is 1. The molecule has 0 aliphatic heterocycles. The van der Waals surface area contributed by atoms with Crippen molar-refractivity contribution in [2.45, 2.75) is 6.92 Å². The maximum atomic E-state index is 12.1. The average Bonchev–Trinajstić information content (AvgIpc) is 2.99. The van der Waals surface area contributed by atoms with E-state index in [-0.39, 0.29) is 5.69 Å². The highest BCUT2D eigenvalue weighted by Crippen LogP contribution is 2.25. The smallest absolute Gasteiger partial charge is 0.359 e. The molecule has 2 heterocycles. The first kappa shape index (κ1) is 17.3. The molecule has 25 heavy (non-hydrogen) atoms. The van der Waals surface area contributed by atoms with Gasteiger partial charge in [0.05, 0.1) is 10.7 Å². The second-order valence-electron chi connectivity index (χ2n) is 5.34. The Morgan fingerprint density at radius 3 is 2.84 bits per heavy atom. The maximum absolute atomic E-state index is 12.1. The van der Waals surface area contributed by atoms with Gasteiger partial charge in [0, 0.05) is 17.4 Å². The number of imidazole rings is 1. The van der Waals surface area contributed by atoms with E-state index in [0.29, 0.717) is 21.4 Å². The van der Waals surface area contributed by atoms with Crippen molar-refractivity contribution in [2.24, 2.45) is 0 Å². The van der Waals surface area contributed by atoms with Gasteiger partial charge in [0.15, 0.2) is 12.3 Å². The van der Waals surface area contributed by atoms with E-state index in [4.69, 9.17) is 27.9 Å². The first-order chi connectivity index (χ1) is 11.9. The van der Waals surface area contributed by atoms with Crippen molar-refractivity contribution in [3.63, 3.8) is 0 Å². The summed E-state index contributed by atoms with van der Waals surface area (Å²) in [5, 5.41) is 3.29. The van der Waals surface area contributed by atoms with E-state index in [1.165, 1.54) is 6.07 Å². The van der Waals surface area contributed by atoms with E-state index in [1.54, 1.807) is 28.9 Å². The number of nitrogens with zero attached hydrogens (tertiary/aromatic N) is 2. The topological polar surface area (TPSA) is 72.7 Å². The van der Waals surface area contributed by atoms with Gasteiger partial charge >= 0.3 is 5.97 Å². The number of anilines is 1. The number of hydrogen-bond donors (Lipinski definition) is 1. The maximum Gasteiger partial charge on any atom is 0.359 e. The third kappa shape index (κ3) is 4.10. The van der Waals surface area contributed by atoms with Crippen molar-refractivity contribution in [1.82, 2.24) is 9.38 Å². The Balaban J connectivity index is 1.62. The average molecular weight is 378 g/mol. The Kier molecular flexibility index (Phi) is 4.92. The van der Waals surface area contributed by atoms with Gasteiger partial charge in [-0.15, -0.1) is 0 Å². The highest BCUT2D eigenvalue weighted by atomic mass is 35.5. The molecule has 0 atom stereocenters. The number of esters is 1. The van der Waals surface area contributed by atoms with Crippen LogP contribution in [0.15, 0.2) is 42.7 Å². The van der Waals surface area contributed by atoms with E-state index in [2.05, 4.69) is 10.3 Å². The summed E-state index contributed by atoms with van der Waals surface area (Å²) in [5.74, 6) is -1.22. The zero-order valence-corrected chi connectivity index (χ0v) is 14.6. The van der Waals surface area contributed by atoms with Gasteiger partial charge in [-0.2, -0.15) is 0 Å². The SMILES string of the molecule is Cc1ccn2cc(C(=O)OCC(=O)Nc3cc(Cl)ccc3Cl)nc2c1. The molecular weight excluding hydrogens is 365 g/mol. The van der Waals surface area contributed by atoms with Crippen LogP contribution in [0, 0.1) is 6.92 Å². The van der Waals surface area contributed by atoms with Crippen LogP contribution in [0.2, 0.25) is 10.0 Å². The minimum Gasteiger partial charge on any atom is -0.451 e. The standard InChI is InChI=1S/C17H13Cl2N3O3/c1-10-4-5-22-8-14(20-15(22)6-10)17(24)25-9-16(23)21-13-7-11(18)2-3-12(13)19/h2-8H,9H2,1H3,(H,21,23). The van der Waals surface area contributed by atoms with Crippen LogP contribution in [0.5, 0.6) is 0 Å². The number of fused-ring (bicyclic) bond motifs is 1. The molecule has 0 aliphatic rings. The molecular formula is C17H13Cl2N3O3. The number of hydrogen-bond acceptors (Lipinski definition) is 4. The largest absolute Gasteiger partial charge is 0.451 e. The molecule has 0 saturated heterocycles. The number of benzene rings is 1. The summed E-state index contributed by atoms with van der Waals surface area (Å²) >= 11 is 11.8. The first-order valence-electron chi connectivity index (χ1n) is 7.30. The number of aromatic nitrogens is 2. The lowest BCUT2D eigenvalue weighted by molar-refractivity contribution is -0.119. The van der Waals surface area contributed by atoms with Crippen LogP contribution in [0.25, 0.3) is 5.65 Å². The van der Waals surface area contributed by atoms with Crippen LogP contribution < -0.4 is 5.32 Å². The quantitative estimate of drug-likeness (QED) is 0.702. The van der Waals surface area contributed by atoms with Gasteiger partial charge < -0.3 is 14.5 Å². The van der Waals surface area contributed by atoms with Crippen molar-refractivity contribution in [3.8, 4) is 0 Å². The van der Waals surface area contributed by atoms with E-state index in [1.807, 2.05) is 19.1 Å². The molecule has 0 spiro atoms. The second-order valence-corrected chi connectivity index (χ2v) is 6.19. The van der Waals surface area contributed by atoms with E-state index in [9.17, 15) is 9.59 Å². The Morgan fingerprint density at radius 2 is 2.04 bits per heavy atom. The molecule has 8 heteroatoms.